The van der Waals surface area contributed by atoms with Crippen molar-refractivity contribution in [3.63, 3.8) is 0 Å². The average Bonchev–Trinajstić information content (AvgIpc) is 2.46. The minimum atomic E-state index is -0.185. The third-order valence-corrected chi connectivity index (χ3v) is 3.11. The van der Waals surface area contributed by atoms with E-state index in [0.717, 1.165) is 11.3 Å². The zero-order valence-corrected chi connectivity index (χ0v) is 11.1. The van der Waals surface area contributed by atoms with Crippen LogP contribution in [0.4, 0.5) is 11.4 Å². The molecule has 0 aliphatic carbocycles. The van der Waals surface area contributed by atoms with Crippen LogP contribution in [-0.4, -0.2) is 22.5 Å². The molecule has 0 saturated carbocycles. The van der Waals surface area contributed by atoms with Crippen molar-refractivity contribution in [3.05, 3.63) is 41.4 Å². The van der Waals surface area contributed by atoms with Gasteiger partial charge >= 0.3 is 0 Å². The fourth-order valence-corrected chi connectivity index (χ4v) is 2.08. The smallest absolute Gasteiger partial charge is 0.262 e. The van der Waals surface area contributed by atoms with Crippen molar-refractivity contribution in [2.45, 2.75) is 6.54 Å². The fraction of sp³-hybridized carbons (Fsp3) is 0.154. The van der Waals surface area contributed by atoms with Crippen molar-refractivity contribution >= 4 is 28.9 Å². The summed E-state index contributed by atoms with van der Waals surface area (Å²) in [6.07, 6.45) is 4.93. The van der Waals surface area contributed by atoms with E-state index in [9.17, 15) is 4.79 Å². The lowest BCUT2D eigenvalue weighted by molar-refractivity contribution is -0.118. The minimum absolute atomic E-state index is 0.0145. The van der Waals surface area contributed by atoms with Crippen LogP contribution in [0.25, 0.3) is 0 Å². The monoisotopic (exact) mass is 290 g/mol. The third kappa shape index (κ3) is 2.65. The number of benzene rings is 1. The van der Waals surface area contributed by atoms with E-state index >= 15 is 0 Å². The molecule has 0 fully saturated rings. The molecule has 1 aliphatic heterocycles. The molecule has 0 spiro atoms. The molecule has 0 atom stereocenters. The lowest BCUT2D eigenvalue weighted by atomic mass is 10.2. The Morgan fingerprint density at radius 2 is 2.15 bits per heavy atom. The Morgan fingerprint density at radius 3 is 2.95 bits per heavy atom. The van der Waals surface area contributed by atoms with Crippen LogP contribution < -0.4 is 15.4 Å². The lowest BCUT2D eigenvalue weighted by Crippen LogP contribution is -2.25. The first-order chi connectivity index (χ1) is 9.72. The molecule has 102 valence electrons. The van der Waals surface area contributed by atoms with Gasteiger partial charge in [0, 0.05) is 30.6 Å². The van der Waals surface area contributed by atoms with Gasteiger partial charge in [-0.3, -0.25) is 4.79 Å². The van der Waals surface area contributed by atoms with Gasteiger partial charge in [-0.25, -0.2) is 9.97 Å². The van der Waals surface area contributed by atoms with Crippen LogP contribution in [0.5, 0.6) is 5.75 Å². The van der Waals surface area contributed by atoms with Gasteiger partial charge < -0.3 is 15.4 Å². The summed E-state index contributed by atoms with van der Waals surface area (Å²) in [5.41, 5.74) is 2.25. The maximum Gasteiger partial charge on any atom is 0.262 e. The van der Waals surface area contributed by atoms with E-state index < -0.39 is 0 Å². The highest BCUT2D eigenvalue weighted by molar-refractivity contribution is 6.33. The second-order valence-corrected chi connectivity index (χ2v) is 4.67. The van der Waals surface area contributed by atoms with E-state index in [4.69, 9.17) is 16.3 Å². The second-order valence-electron chi connectivity index (χ2n) is 4.27. The van der Waals surface area contributed by atoms with Crippen LogP contribution in [0.3, 0.4) is 0 Å². The van der Waals surface area contributed by atoms with Crippen LogP contribution in [0, 0.1) is 0 Å². The molecule has 20 heavy (non-hydrogen) atoms. The Labute approximate surface area is 120 Å². The molecule has 1 amide bonds. The second kappa shape index (κ2) is 5.34. The Hall–Kier alpha value is -2.34. The number of ether oxygens (including phenoxy) is 1. The quantitative estimate of drug-likeness (QED) is 0.905. The molecule has 2 aromatic rings. The van der Waals surface area contributed by atoms with Crippen LogP contribution in [-0.2, 0) is 11.3 Å². The summed E-state index contributed by atoms with van der Waals surface area (Å²) in [5, 5.41) is 6.40. The molecule has 0 unspecified atom stereocenters. The summed E-state index contributed by atoms with van der Waals surface area (Å²) < 4.78 is 5.35. The molecule has 6 nitrogen and oxygen atoms in total. The van der Waals surface area contributed by atoms with Gasteiger partial charge in [0.05, 0.1) is 16.4 Å². The highest BCUT2D eigenvalue weighted by atomic mass is 35.5. The predicted molar refractivity (Wildman–Crippen MR) is 74.9 cm³/mol. The van der Waals surface area contributed by atoms with E-state index in [1.165, 1.54) is 6.33 Å². The maximum absolute atomic E-state index is 11.2. The molecule has 0 bridgehead atoms. The van der Waals surface area contributed by atoms with Crippen molar-refractivity contribution in [2.75, 3.05) is 17.2 Å². The van der Waals surface area contributed by atoms with Gasteiger partial charge in [0.25, 0.3) is 5.91 Å². The van der Waals surface area contributed by atoms with Crippen LogP contribution in [0.15, 0.2) is 30.9 Å². The van der Waals surface area contributed by atoms with Gasteiger partial charge in [-0.2, -0.15) is 0 Å². The third-order valence-electron chi connectivity index (χ3n) is 2.80. The standard InChI is InChI=1S/C13H11ClN4O2/c14-9-1-11-12(20-6-13(19)18-11)2-10(9)17-5-8-3-15-7-16-4-8/h1-4,7,17H,5-6H2,(H,18,19). The number of amides is 1. The van der Waals surface area contributed by atoms with E-state index in [1.54, 1.807) is 24.5 Å². The van der Waals surface area contributed by atoms with Gasteiger partial charge in [-0.05, 0) is 6.07 Å². The number of nitrogens with zero attached hydrogens (tertiary/aromatic N) is 2. The summed E-state index contributed by atoms with van der Waals surface area (Å²) in [4.78, 5) is 19.1. The molecule has 0 saturated heterocycles. The Bertz CT molecular complexity index is 648. The van der Waals surface area contributed by atoms with Gasteiger partial charge in [-0.1, -0.05) is 11.6 Å². The molecule has 1 aromatic carbocycles. The Kier molecular flexibility index (Phi) is 3.39. The van der Waals surface area contributed by atoms with Crippen molar-refractivity contribution in [3.8, 4) is 5.75 Å². The SMILES string of the molecule is O=C1COc2cc(NCc3cncnc3)c(Cl)cc2N1. The van der Waals surface area contributed by atoms with Crippen molar-refractivity contribution < 1.29 is 9.53 Å². The van der Waals surface area contributed by atoms with Crippen molar-refractivity contribution in [1.82, 2.24) is 9.97 Å². The van der Waals surface area contributed by atoms with E-state index in [0.29, 0.717) is 23.0 Å². The number of hydrogen-bond acceptors (Lipinski definition) is 5. The summed E-state index contributed by atoms with van der Waals surface area (Å²) in [6.45, 7) is 0.562. The number of carbonyl (C=O) groups is 1. The zero-order chi connectivity index (χ0) is 13.9. The number of anilines is 2. The molecule has 2 heterocycles. The number of halogens is 1. The molecule has 2 N–H and O–H groups in total. The van der Waals surface area contributed by atoms with Crippen LogP contribution in [0.2, 0.25) is 5.02 Å². The summed E-state index contributed by atoms with van der Waals surface area (Å²) in [5.74, 6) is 0.413. The van der Waals surface area contributed by atoms with E-state index in [2.05, 4.69) is 20.6 Å². The number of carbonyl (C=O) groups excluding carboxylic acids is 1. The first-order valence-electron chi connectivity index (χ1n) is 5.96. The average molecular weight is 291 g/mol. The highest BCUT2D eigenvalue weighted by Crippen LogP contribution is 2.36. The summed E-state index contributed by atoms with van der Waals surface area (Å²) >= 11 is 6.17. The molecule has 1 aliphatic rings. The van der Waals surface area contributed by atoms with Crippen molar-refractivity contribution in [1.29, 1.82) is 0 Å². The molecule has 7 heteroatoms. The zero-order valence-electron chi connectivity index (χ0n) is 10.4. The van der Waals surface area contributed by atoms with Crippen LogP contribution >= 0.6 is 11.6 Å². The fourth-order valence-electron chi connectivity index (χ4n) is 1.85. The summed E-state index contributed by atoms with van der Waals surface area (Å²) in [7, 11) is 0. The van der Waals surface area contributed by atoms with Gasteiger partial charge in [0.15, 0.2) is 6.61 Å². The molecule has 3 rings (SSSR count). The van der Waals surface area contributed by atoms with Gasteiger partial charge in [-0.15, -0.1) is 0 Å². The van der Waals surface area contributed by atoms with Gasteiger partial charge in [0.2, 0.25) is 0 Å². The number of rotatable bonds is 3. The number of nitrogens with one attached hydrogen (secondary N) is 2. The predicted octanol–water partition coefficient (Wildman–Crippen LogP) is 2.07. The maximum atomic E-state index is 11.2. The minimum Gasteiger partial charge on any atom is -0.482 e. The lowest BCUT2D eigenvalue weighted by Gasteiger charge is -2.20. The van der Waals surface area contributed by atoms with E-state index in [1.807, 2.05) is 0 Å². The topological polar surface area (TPSA) is 76.1 Å². The number of fused-ring (bicyclic) bond motifs is 1. The number of hydrogen-bond donors (Lipinski definition) is 2. The van der Waals surface area contributed by atoms with Gasteiger partial charge in [0.1, 0.15) is 12.1 Å². The normalized spacial score (nSPS) is 13.2. The first-order valence-corrected chi connectivity index (χ1v) is 6.34. The summed E-state index contributed by atoms with van der Waals surface area (Å²) in [6, 6.07) is 3.43. The number of aromatic nitrogens is 2. The molecular weight excluding hydrogens is 280 g/mol. The first kappa shape index (κ1) is 12.7. The van der Waals surface area contributed by atoms with Crippen molar-refractivity contribution in [2.24, 2.45) is 0 Å². The molecule has 0 radical (unpaired) electrons. The van der Waals surface area contributed by atoms with E-state index in [-0.39, 0.29) is 12.5 Å². The molecular formula is C13H11ClN4O2. The molecule has 1 aromatic heterocycles. The Morgan fingerprint density at radius 1 is 1.35 bits per heavy atom. The Balaban J connectivity index is 1.79. The highest BCUT2D eigenvalue weighted by Gasteiger charge is 2.18. The van der Waals surface area contributed by atoms with Crippen LogP contribution in [0.1, 0.15) is 5.56 Å². The largest absolute Gasteiger partial charge is 0.482 e.